The normalized spacial score (nSPS) is 11.1. The van der Waals surface area contributed by atoms with E-state index < -0.39 is 0 Å². The van der Waals surface area contributed by atoms with E-state index in [2.05, 4.69) is 29.8 Å². The number of ketones is 1. The van der Waals surface area contributed by atoms with Crippen molar-refractivity contribution in [3.63, 3.8) is 0 Å². The SMILES string of the molecule is CCCc1c(C)c2ccccn2c1C(=O)c1ccc(O)c(Br)c1. The fourth-order valence-corrected chi connectivity index (χ4v) is 3.39. The molecule has 23 heavy (non-hydrogen) atoms. The molecule has 0 atom stereocenters. The van der Waals surface area contributed by atoms with Crippen LogP contribution in [-0.4, -0.2) is 15.3 Å². The van der Waals surface area contributed by atoms with Gasteiger partial charge in [-0.2, -0.15) is 0 Å². The van der Waals surface area contributed by atoms with Gasteiger partial charge in [-0.1, -0.05) is 19.4 Å². The molecule has 2 aromatic heterocycles. The zero-order chi connectivity index (χ0) is 16.6. The molecular formula is C19H18BrNO2. The summed E-state index contributed by atoms with van der Waals surface area (Å²) in [5.74, 6) is 0.106. The van der Waals surface area contributed by atoms with Gasteiger partial charge >= 0.3 is 0 Å². The minimum Gasteiger partial charge on any atom is -0.507 e. The number of fused-ring (bicyclic) bond motifs is 1. The first-order valence-corrected chi connectivity index (χ1v) is 8.45. The van der Waals surface area contributed by atoms with Crippen molar-refractivity contribution in [2.45, 2.75) is 26.7 Å². The van der Waals surface area contributed by atoms with E-state index in [9.17, 15) is 9.90 Å². The third-order valence-corrected chi connectivity index (χ3v) is 4.78. The van der Waals surface area contributed by atoms with Crippen LogP contribution in [0.15, 0.2) is 47.1 Å². The highest BCUT2D eigenvalue weighted by molar-refractivity contribution is 9.10. The molecule has 1 aromatic carbocycles. The van der Waals surface area contributed by atoms with E-state index >= 15 is 0 Å². The number of phenolic OH excluding ortho intramolecular Hbond substituents is 1. The van der Waals surface area contributed by atoms with Crippen molar-refractivity contribution in [3.8, 4) is 5.75 Å². The van der Waals surface area contributed by atoms with Crippen LogP contribution in [0.1, 0.15) is 40.5 Å². The Morgan fingerprint density at radius 2 is 2.04 bits per heavy atom. The maximum Gasteiger partial charge on any atom is 0.210 e. The molecule has 118 valence electrons. The van der Waals surface area contributed by atoms with E-state index in [0.717, 1.165) is 35.2 Å². The molecule has 0 saturated carbocycles. The first kappa shape index (κ1) is 15.8. The minimum atomic E-state index is -0.0246. The van der Waals surface area contributed by atoms with E-state index in [4.69, 9.17) is 0 Å². The fourth-order valence-electron chi connectivity index (χ4n) is 3.01. The van der Waals surface area contributed by atoms with Crippen LogP contribution in [0.2, 0.25) is 0 Å². The van der Waals surface area contributed by atoms with Crippen molar-refractivity contribution in [2.75, 3.05) is 0 Å². The smallest absolute Gasteiger partial charge is 0.210 e. The highest BCUT2D eigenvalue weighted by atomic mass is 79.9. The molecule has 0 aliphatic rings. The van der Waals surface area contributed by atoms with Gasteiger partial charge in [0, 0.05) is 17.3 Å². The summed E-state index contributed by atoms with van der Waals surface area (Å²) < 4.78 is 2.50. The molecule has 0 aliphatic carbocycles. The second-order valence-corrected chi connectivity index (χ2v) is 6.51. The first-order valence-electron chi connectivity index (χ1n) is 7.66. The van der Waals surface area contributed by atoms with Crippen molar-refractivity contribution in [1.82, 2.24) is 4.40 Å². The molecule has 0 radical (unpaired) electrons. The number of hydrogen-bond donors (Lipinski definition) is 1. The predicted molar refractivity (Wildman–Crippen MR) is 95.4 cm³/mol. The molecule has 0 bridgehead atoms. The second kappa shape index (κ2) is 6.20. The molecule has 0 spiro atoms. The Morgan fingerprint density at radius 1 is 1.26 bits per heavy atom. The summed E-state index contributed by atoms with van der Waals surface area (Å²) in [5.41, 5.74) is 4.62. The van der Waals surface area contributed by atoms with Gasteiger partial charge in [0.1, 0.15) is 5.75 Å². The van der Waals surface area contributed by atoms with Crippen LogP contribution < -0.4 is 0 Å². The largest absolute Gasteiger partial charge is 0.507 e. The standard InChI is InChI=1S/C19H18BrNO2/c1-3-6-14-12(2)16-7-4-5-10-21(16)18(14)19(23)13-8-9-17(22)15(20)11-13/h4-5,7-11,22H,3,6H2,1-2H3. The van der Waals surface area contributed by atoms with Gasteiger partial charge in [0.15, 0.2) is 0 Å². The lowest BCUT2D eigenvalue weighted by Gasteiger charge is -2.07. The summed E-state index contributed by atoms with van der Waals surface area (Å²) in [7, 11) is 0. The van der Waals surface area contributed by atoms with Crippen molar-refractivity contribution >= 4 is 27.2 Å². The number of aromatic nitrogens is 1. The van der Waals surface area contributed by atoms with Crippen LogP contribution in [0, 0.1) is 6.92 Å². The van der Waals surface area contributed by atoms with Crippen molar-refractivity contribution in [2.24, 2.45) is 0 Å². The number of carbonyl (C=O) groups excluding carboxylic acids is 1. The molecule has 0 unspecified atom stereocenters. The molecule has 0 fully saturated rings. The third kappa shape index (κ3) is 2.68. The van der Waals surface area contributed by atoms with E-state index in [1.807, 2.05) is 28.8 Å². The number of rotatable bonds is 4. The molecule has 3 rings (SSSR count). The Hall–Kier alpha value is -2.07. The molecule has 4 heteroatoms. The Bertz CT molecular complexity index is 896. The van der Waals surface area contributed by atoms with Crippen LogP contribution in [0.4, 0.5) is 0 Å². The number of halogens is 1. The molecule has 2 heterocycles. The molecule has 1 N–H and O–H groups in total. The number of hydrogen-bond acceptors (Lipinski definition) is 2. The summed E-state index contributed by atoms with van der Waals surface area (Å²) in [6, 6.07) is 10.8. The van der Waals surface area contributed by atoms with Gasteiger partial charge < -0.3 is 9.51 Å². The monoisotopic (exact) mass is 371 g/mol. The summed E-state index contributed by atoms with van der Waals surface area (Å²) in [4.78, 5) is 13.1. The lowest BCUT2D eigenvalue weighted by molar-refractivity contribution is 0.103. The second-order valence-electron chi connectivity index (χ2n) is 5.65. The van der Waals surface area contributed by atoms with Gasteiger partial charge in [0.25, 0.3) is 0 Å². The van der Waals surface area contributed by atoms with E-state index in [1.54, 1.807) is 18.2 Å². The average Bonchev–Trinajstić information content (AvgIpc) is 2.83. The molecule has 3 aromatic rings. The molecule has 0 aliphatic heterocycles. The van der Waals surface area contributed by atoms with E-state index in [-0.39, 0.29) is 11.5 Å². The third-order valence-electron chi connectivity index (χ3n) is 4.15. The van der Waals surface area contributed by atoms with Crippen LogP contribution in [0.5, 0.6) is 5.75 Å². The van der Waals surface area contributed by atoms with Crippen molar-refractivity contribution in [1.29, 1.82) is 0 Å². The van der Waals surface area contributed by atoms with E-state index in [0.29, 0.717) is 10.0 Å². The van der Waals surface area contributed by atoms with Crippen LogP contribution in [0.3, 0.4) is 0 Å². The number of benzene rings is 1. The van der Waals surface area contributed by atoms with Gasteiger partial charge in [-0.25, -0.2) is 0 Å². The van der Waals surface area contributed by atoms with Gasteiger partial charge in [-0.05, 0) is 70.7 Å². The Balaban J connectivity index is 2.23. The Morgan fingerprint density at radius 3 is 2.74 bits per heavy atom. The summed E-state index contributed by atoms with van der Waals surface area (Å²) in [6.45, 7) is 4.19. The number of aryl methyl sites for hydroxylation is 1. The molecular weight excluding hydrogens is 354 g/mol. The van der Waals surface area contributed by atoms with Gasteiger partial charge in [-0.15, -0.1) is 0 Å². The maximum atomic E-state index is 13.1. The highest BCUT2D eigenvalue weighted by Crippen LogP contribution is 2.29. The summed E-state index contributed by atoms with van der Waals surface area (Å²) >= 11 is 3.28. The molecule has 3 nitrogen and oxygen atoms in total. The fraction of sp³-hybridized carbons (Fsp3) is 0.211. The van der Waals surface area contributed by atoms with Crippen LogP contribution >= 0.6 is 15.9 Å². The number of nitrogens with zero attached hydrogens (tertiary/aromatic N) is 1. The number of carbonyl (C=O) groups is 1. The predicted octanol–water partition coefficient (Wildman–Crippen LogP) is 4.90. The topological polar surface area (TPSA) is 41.7 Å². The zero-order valence-electron chi connectivity index (χ0n) is 13.1. The van der Waals surface area contributed by atoms with Gasteiger partial charge in [0.05, 0.1) is 10.2 Å². The van der Waals surface area contributed by atoms with Crippen molar-refractivity contribution < 1.29 is 9.90 Å². The van der Waals surface area contributed by atoms with Crippen molar-refractivity contribution in [3.05, 3.63) is 69.5 Å². The van der Waals surface area contributed by atoms with Crippen LogP contribution in [0.25, 0.3) is 5.52 Å². The first-order chi connectivity index (χ1) is 11.0. The van der Waals surface area contributed by atoms with Gasteiger partial charge in [0.2, 0.25) is 5.78 Å². The number of pyridine rings is 1. The summed E-state index contributed by atoms with van der Waals surface area (Å²) in [6.07, 6.45) is 3.79. The molecule has 0 saturated heterocycles. The maximum absolute atomic E-state index is 13.1. The summed E-state index contributed by atoms with van der Waals surface area (Å²) in [5, 5.41) is 9.65. The molecule has 0 amide bonds. The lowest BCUT2D eigenvalue weighted by Crippen LogP contribution is -2.08. The zero-order valence-corrected chi connectivity index (χ0v) is 14.7. The average molecular weight is 372 g/mol. The number of phenols is 1. The minimum absolute atomic E-state index is 0.0246. The lowest BCUT2D eigenvalue weighted by atomic mass is 10.00. The van der Waals surface area contributed by atoms with Crippen LogP contribution in [-0.2, 0) is 6.42 Å². The quantitative estimate of drug-likeness (QED) is 0.662. The van der Waals surface area contributed by atoms with E-state index in [1.165, 1.54) is 0 Å². The Kier molecular flexibility index (Phi) is 4.26. The van der Waals surface area contributed by atoms with Gasteiger partial charge in [-0.3, -0.25) is 4.79 Å². The Labute approximate surface area is 143 Å². The number of aromatic hydroxyl groups is 1. The highest BCUT2D eigenvalue weighted by Gasteiger charge is 2.22.